The fraction of sp³-hybridized carbons (Fsp3) is 0.483. The molecule has 0 radical (unpaired) electrons. The number of fused-ring (bicyclic) bond motifs is 1. The van der Waals surface area contributed by atoms with Gasteiger partial charge in [-0.05, 0) is 26.7 Å². The minimum Gasteiger partial charge on any atom is -0.488 e. The summed E-state index contributed by atoms with van der Waals surface area (Å²) in [5, 5.41) is 12.3. The number of ketones is 1. The van der Waals surface area contributed by atoms with Crippen molar-refractivity contribution in [2.24, 2.45) is 7.05 Å². The summed E-state index contributed by atoms with van der Waals surface area (Å²) in [5.41, 5.74) is 0.520. The highest BCUT2D eigenvalue weighted by atomic mass is 16.5. The van der Waals surface area contributed by atoms with Crippen molar-refractivity contribution in [3.8, 4) is 5.75 Å². The summed E-state index contributed by atoms with van der Waals surface area (Å²) in [6.45, 7) is 7.52. The number of piperidine rings is 1. The number of amides is 2. The molecule has 11 heteroatoms. The number of aryl methyl sites for hydroxylation is 1. The molecule has 0 unspecified atom stereocenters. The fourth-order valence-electron chi connectivity index (χ4n) is 5.06. The predicted molar refractivity (Wildman–Crippen MR) is 150 cm³/mol. The first-order valence-electron chi connectivity index (χ1n) is 13.6. The molecule has 1 aliphatic rings. The molecule has 0 aliphatic carbocycles. The van der Waals surface area contributed by atoms with Crippen molar-refractivity contribution in [2.75, 3.05) is 19.7 Å². The van der Waals surface area contributed by atoms with Gasteiger partial charge in [0, 0.05) is 37.7 Å². The SMILES string of the molecule is CC(C)Oc1c(C(=O)NC2CCN(C(=O)CO)CC2)n(C)c2nc(C(C)C)n(CC(=O)c3ccccc3)c(=O)c12. The largest absolute Gasteiger partial charge is 0.488 e. The van der Waals surface area contributed by atoms with Crippen LogP contribution in [-0.2, 0) is 18.4 Å². The first kappa shape index (κ1) is 29.0. The zero-order chi connectivity index (χ0) is 29.1. The number of aromatic nitrogens is 3. The van der Waals surface area contributed by atoms with Crippen LogP contribution in [0.5, 0.6) is 5.75 Å². The number of nitrogens with one attached hydrogen (secondary N) is 1. The molecule has 0 saturated carbocycles. The molecule has 2 aromatic heterocycles. The van der Waals surface area contributed by atoms with Crippen molar-refractivity contribution in [1.29, 1.82) is 0 Å². The number of Topliss-reactive ketones (excluding diaryl/α,β-unsaturated/α-hetero) is 1. The summed E-state index contributed by atoms with van der Waals surface area (Å²) >= 11 is 0. The Balaban J connectivity index is 1.76. The van der Waals surface area contributed by atoms with Crippen LogP contribution < -0.4 is 15.6 Å². The van der Waals surface area contributed by atoms with E-state index in [1.54, 1.807) is 40.8 Å². The lowest BCUT2D eigenvalue weighted by molar-refractivity contribution is -0.135. The molecule has 3 aromatic rings. The Morgan fingerprint density at radius 2 is 1.75 bits per heavy atom. The maximum atomic E-state index is 14.0. The van der Waals surface area contributed by atoms with Crippen LogP contribution in [-0.4, -0.2) is 73.6 Å². The molecule has 1 fully saturated rings. The molecular weight excluding hydrogens is 514 g/mol. The van der Waals surface area contributed by atoms with Crippen LogP contribution in [0.2, 0.25) is 0 Å². The van der Waals surface area contributed by atoms with Crippen molar-refractivity contribution < 1.29 is 24.2 Å². The van der Waals surface area contributed by atoms with Crippen LogP contribution in [0.25, 0.3) is 11.0 Å². The molecule has 1 saturated heterocycles. The molecule has 2 amide bonds. The third-order valence-electron chi connectivity index (χ3n) is 7.08. The first-order valence-corrected chi connectivity index (χ1v) is 13.6. The number of nitrogens with zero attached hydrogens (tertiary/aromatic N) is 4. The maximum Gasteiger partial charge on any atom is 0.272 e. The van der Waals surface area contributed by atoms with E-state index in [4.69, 9.17) is 14.8 Å². The highest BCUT2D eigenvalue weighted by Gasteiger charge is 2.31. The Bertz CT molecular complexity index is 1470. The van der Waals surface area contributed by atoms with Gasteiger partial charge in [0.1, 0.15) is 17.8 Å². The number of hydrogen-bond acceptors (Lipinski definition) is 7. The number of aliphatic hydroxyl groups is 1. The van der Waals surface area contributed by atoms with Gasteiger partial charge in [0.15, 0.2) is 22.9 Å². The third kappa shape index (κ3) is 5.79. The molecule has 0 atom stereocenters. The fourth-order valence-corrected chi connectivity index (χ4v) is 5.06. The number of carbonyl (C=O) groups is 3. The Morgan fingerprint density at radius 3 is 2.33 bits per heavy atom. The van der Waals surface area contributed by atoms with Crippen molar-refractivity contribution in [3.05, 3.63) is 57.8 Å². The van der Waals surface area contributed by atoms with Gasteiger partial charge in [-0.3, -0.25) is 23.7 Å². The van der Waals surface area contributed by atoms with Gasteiger partial charge in [0.2, 0.25) is 5.91 Å². The summed E-state index contributed by atoms with van der Waals surface area (Å²) in [6.07, 6.45) is 0.728. The highest BCUT2D eigenvalue weighted by Crippen LogP contribution is 2.32. The molecule has 0 bridgehead atoms. The third-order valence-corrected chi connectivity index (χ3v) is 7.08. The molecule has 40 heavy (non-hydrogen) atoms. The number of rotatable bonds is 9. The highest BCUT2D eigenvalue weighted by molar-refractivity contribution is 6.03. The standard InChI is InChI=1S/C29H37N5O6/c1-17(2)26-31-27-23(29(39)34(26)15-21(36)19-9-7-6-8-10-19)25(40-18(3)4)24(32(27)5)28(38)30-20-11-13-33(14-12-20)22(37)16-35/h6-10,17-18,20,35H,11-16H2,1-5H3,(H,30,38). The number of aliphatic hydroxyl groups excluding tert-OH is 1. The molecule has 3 heterocycles. The van der Waals surface area contributed by atoms with E-state index in [9.17, 15) is 19.2 Å². The van der Waals surface area contributed by atoms with E-state index in [1.807, 2.05) is 33.8 Å². The zero-order valence-corrected chi connectivity index (χ0v) is 23.6. The van der Waals surface area contributed by atoms with Crippen LogP contribution in [0.1, 0.15) is 73.1 Å². The number of carbonyl (C=O) groups excluding carboxylic acids is 3. The van der Waals surface area contributed by atoms with Gasteiger partial charge in [0.25, 0.3) is 11.5 Å². The molecule has 0 spiro atoms. The van der Waals surface area contributed by atoms with Crippen LogP contribution in [0.15, 0.2) is 35.1 Å². The van der Waals surface area contributed by atoms with Gasteiger partial charge in [-0.1, -0.05) is 44.2 Å². The maximum absolute atomic E-state index is 14.0. The van der Waals surface area contributed by atoms with Crippen molar-refractivity contribution in [2.45, 2.75) is 65.1 Å². The van der Waals surface area contributed by atoms with Crippen molar-refractivity contribution in [1.82, 2.24) is 24.3 Å². The Kier molecular flexibility index (Phi) is 8.73. The second kappa shape index (κ2) is 12.0. The summed E-state index contributed by atoms with van der Waals surface area (Å²) < 4.78 is 9.03. The summed E-state index contributed by atoms with van der Waals surface area (Å²) in [6, 6.07) is 8.57. The van der Waals surface area contributed by atoms with Crippen LogP contribution in [0.3, 0.4) is 0 Å². The van der Waals surface area contributed by atoms with Gasteiger partial charge in [0.05, 0.1) is 12.6 Å². The van der Waals surface area contributed by atoms with Crippen LogP contribution in [0.4, 0.5) is 0 Å². The van der Waals surface area contributed by atoms with Gasteiger partial charge in [-0.25, -0.2) is 4.98 Å². The molecule has 2 N–H and O–H groups in total. The van der Waals surface area contributed by atoms with Gasteiger partial charge in [-0.15, -0.1) is 0 Å². The monoisotopic (exact) mass is 551 g/mol. The average Bonchev–Trinajstić information content (AvgIpc) is 3.20. The van der Waals surface area contributed by atoms with Gasteiger partial charge < -0.3 is 24.6 Å². The number of benzene rings is 1. The number of hydrogen-bond donors (Lipinski definition) is 2. The second-order valence-electron chi connectivity index (χ2n) is 10.7. The van der Waals surface area contributed by atoms with Crippen LogP contribution in [0, 0.1) is 0 Å². The number of ether oxygens (including phenoxy) is 1. The van der Waals surface area contributed by atoms with E-state index >= 15 is 0 Å². The van der Waals surface area contributed by atoms with E-state index in [2.05, 4.69) is 5.32 Å². The first-order chi connectivity index (χ1) is 19.0. The second-order valence-corrected chi connectivity index (χ2v) is 10.7. The van der Waals surface area contributed by atoms with E-state index in [-0.39, 0.29) is 53.1 Å². The Labute approximate surface area is 232 Å². The molecule has 11 nitrogen and oxygen atoms in total. The lowest BCUT2D eigenvalue weighted by atomic mass is 10.0. The topological polar surface area (TPSA) is 136 Å². The predicted octanol–water partition coefficient (Wildman–Crippen LogP) is 2.24. The summed E-state index contributed by atoms with van der Waals surface area (Å²) in [5.74, 6) is -0.579. The van der Waals surface area contributed by atoms with E-state index in [1.165, 1.54) is 4.57 Å². The molecule has 214 valence electrons. The quantitative estimate of drug-likeness (QED) is 0.389. The average molecular weight is 552 g/mol. The zero-order valence-electron chi connectivity index (χ0n) is 23.6. The minimum absolute atomic E-state index is 0.131. The molecule has 4 rings (SSSR count). The summed E-state index contributed by atoms with van der Waals surface area (Å²) in [7, 11) is 1.67. The van der Waals surface area contributed by atoms with Gasteiger partial charge in [-0.2, -0.15) is 0 Å². The van der Waals surface area contributed by atoms with E-state index < -0.39 is 18.1 Å². The molecule has 1 aliphatic heterocycles. The Hall–Kier alpha value is -3.99. The van der Waals surface area contributed by atoms with Crippen molar-refractivity contribution >= 4 is 28.6 Å². The normalized spacial score (nSPS) is 14.2. The van der Waals surface area contributed by atoms with Crippen molar-refractivity contribution in [3.63, 3.8) is 0 Å². The number of likely N-dealkylation sites (tertiary alicyclic amines) is 1. The lowest BCUT2D eigenvalue weighted by Crippen LogP contribution is -2.47. The van der Waals surface area contributed by atoms with Crippen LogP contribution >= 0.6 is 0 Å². The molecular formula is C29H37N5O6. The lowest BCUT2D eigenvalue weighted by Gasteiger charge is -2.32. The smallest absolute Gasteiger partial charge is 0.272 e. The van der Waals surface area contributed by atoms with Gasteiger partial charge >= 0.3 is 0 Å². The van der Waals surface area contributed by atoms with E-state index in [0.29, 0.717) is 43.0 Å². The van der Waals surface area contributed by atoms with E-state index in [0.717, 1.165) is 0 Å². The summed E-state index contributed by atoms with van der Waals surface area (Å²) in [4.78, 5) is 58.9. The molecule has 1 aromatic carbocycles. The minimum atomic E-state index is -0.539. The Morgan fingerprint density at radius 1 is 1.10 bits per heavy atom.